The fourth-order valence-electron chi connectivity index (χ4n) is 2.95. The van der Waals surface area contributed by atoms with Gasteiger partial charge < -0.3 is 10.1 Å². The van der Waals surface area contributed by atoms with Crippen LogP contribution in [-0.2, 0) is 16.0 Å². The number of likely N-dealkylation sites (tertiary alicyclic amines) is 1. The van der Waals surface area contributed by atoms with Crippen LogP contribution in [0.25, 0.3) is 0 Å². The van der Waals surface area contributed by atoms with Gasteiger partial charge in [-0.1, -0.05) is 6.07 Å². The summed E-state index contributed by atoms with van der Waals surface area (Å²) in [6.45, 7) is 8.35. The molecule has 4 nitrogen and oxygen atoms in total. The molecule has 124 valence electrons. The van der Waals surface area contributed by atoms with Gasteiger partial charge in [-0.05, 0) is 57.0 Å². The summed E-state index contributed by atoms with van der Waals surface area (Å²) in [6, 6.07) is 4.12. The number of carbonyl (C=O) groups is 1. The first-order chi connectivity index (χ1) is 10.7. The minimum atomic E-state index is -0.0484. The van der Waals surface area contributed by atoms with E-state index >= 15 is 0 Å². The topological polar surface area (TPSA) is 41.6 Å². The first-order valence-electron chi connectivity index (χ1n) is 8.32. The van der Waals surface area contributed by atoms with Crippen LogP contribution in [0.3, 0.4) is 0 Å². The summed E-state index contributed by atoms with van der Waals surface area (Å²) >= 11 is 1.74. The Balaban J connectivity index is 1.72. The molecule has 0 aromatic carbocycles. The number of hydrogen-bond acceptors (Lipinski definition) is 4. The number of piperidine rings is 1. The highest BCUT2D eigenvalue weighted by Crippen LogP contribution is 2.19. The van der Waals surface area contributed by atoms with Gasteiger partial charge in [-0.15, -0.1) is 11.3 Å². The third-order valence-corrected chi connectivity index (χ3v) is 5.22. The molecule has 0 bridgehead atoms. The lowest BCUT2D eigenvalue weighted by molar-refractivity contribution is -0.126. The number of rotatable bonds is 8. The van der Waals surface area contributed by atoms with Crippen molar-refractivity contribution in [3.8, 4) is 0 Å². The van der Waals surface area contributed by atoms with Crippen LogP contribution < -0.4 is 5.32 Å². The van der Waals surface area contributed by atoms with Crippen LogP contribution in [0.2, 0.25) is 0 Å². The Labute approximate surface area is 137 Å². The largest absolute Gasteiger partial charge is 0.381 e. The maximum Gasteiger partial charge on any atom is 0.237 e. The van der Waals surface area contributed by atoms with E-state index in [0.29, 0.717) is 5.92 Å². The molecule has 1 amide bonds. The highest BCUT2D eigenvalue weighted by molar-refractivity contribution is 7.09. The number of amides is 1. The number of nitrogens with one attached hydrogen (secondary N) is 1. The number of ether oxygens (including phenoxy) is 1. The molecule has 1 aromatic rings. The molecule has 0 unspecified atom stereocenters. The summed E-state index contributed by atoms with van der Waals surface area (Å²) in [4.78, 5) is 15.9. The van der Waals surface area contributed by atoms with Crippen LogP contribution in [0.5, 0.6) is 0 Å². The van der Waals surface area contributed by atoms with E-state index in [4.69, 9.17) is 4.74 Å². The summed E-state index contributed by atoms with van der Waals surface area (Å²) in [5.41, 5.74) is 0. The molecule has 0 saturated carbocycles. The van der Waals surface area contributed by atoms with Gasteiger partial charge in [0.05, 0.1) is 12.6 Å². The number of thiophene rings is 1. The van der Waals surface area contributed by atoms with E-state index < -0.39 is 0 Å². The van der Waals surface area contributed by atoms with Crippen molar-refractivity contribution in [2.75, 3.05) is 32.8 Å². The van der Waals surface area contributed by atoms with Gasteiger partial charge in [0.1, 0.15) is 0 Å². The third-order valence-electron chi connectivity index (χ3n) is 4.29. The lowest BCUT2D eigenvalue weighted by atomic mass is 9.97. The van der Waals surface area contributed by atoms with E-state index in [1.807, 2.05) is 13.8 Å². The first kappa shape index (κ1) is 17.4. The van der Waals surface area contributed by atoms with Crippen molar-refractivity contribution < 1.29 is 9.53 Å². The second-order valence-corrected chi connectivity index (χ2v) is 6.99. The Bertz CT molecular complexity index is 436. The lowest BCUT2D eigenvalue weighted by Gasteiger charge is -2.36. The summed E-state index contributed by atoms with van der Waals surface area (Å²) in [5.74, 6) is 0.712. The predicted octanol–water partition coefficient (Wildman–Crippen LogP) is 2.54. The van der Waals surface area contributed by atoms with Gasteiger partial charge in [-0.25, -0.2) is 0 Å². The molecular formula is C17H28N2O2S. The molecule has 2 rings (SSSR count). The zero-order valence-electron chi connectivity index (χ0n) is 13.7. The Morgan fingerprint density at radius 1 is 1.59 bits per heavy atom. The zero-order chi connectivity index (χ0) is 15.8. The summed E-state index contributed by atoms with van der Waals surface area (Å²) in [5, 5.41) is 5.15. The van der Waals surface area contributed by atoms with E-state index in [2.05, 4.69) is 27.7 Å². The first-order valence-corrected chi connectivity index (χ1v) is 9.20. The molecule has 0 spiro atoms. The summed E-state index contributed by atoms with van der Waals surface area (Å²) in [7, 11) is 0. The highest BCUT2D eigenvalue weighted by Gasteiger charge is 2.27. The molecule has 22 heavy (non-hydrogen) atoms. The summed E-state index contributed by atoms with van der Waals surface area (Å²) < 4.78 is 5.54. The van der Waals surface area contributed by atoms with Gasteiger partial charge in [-0.3, -0.25) is 9.69 Å². The molecule has 0 aliphatic carbocycles. The van der Waals surface area contributed by atoms with Crippen LogP contribution in [0.1, 0.15) is 31.6 Å². The van der Waals surface area contributed by atoms with Gasteiger partial charge in [0.15, 0.2) is 0 Å². The molecule has 2 atom stereocenters. The normalized spacial score (nSPS) is 20.7. The number of nitrogens with zero attached hydrogens (tertiary/aromatic N) is 1. The van der Waals surface area contributed by atoms with Gasteiger partial charge in [-0.2, -0.15) is 0 Å². The Hall–Kier alpha value is -0.910. The van der Waals surface area contributed by atoms with Crippen molar-refractivity contribution in [2.24, 2.45) is 5.92 Å². The smallest absolute Gasteiger partial charge is 0.237 e. The average Bonchev–Trinajstić information content (AvgIpc) is 3.05. The molecular weight excluding hydrogens is 296 g/mol. The van der Waals surface area contributed by atoms with Gasteiger partial charge in [0.25, 0.3) is 0 Å². The van der Waals surface area contributed by atoms with Crippen molar-refractivity contribution in [3.63, 3.8) is 0 Å². The Kier molecular flexibility index (Phi) is 7.36. The molecule has 5 heteroatoms. The standard InChI is InChI=1S/C17H28N2O2S/c1-3-21-13-15-6-4-10-19(12-15)14(2)17(20)18-9-8-16-7-5-11-22-16/h5,7,11,14-15H,3-4,6,8-10,12-13H2,1-2H3,(H,18,20)/t14-,15+/m1/s1. The van der Waals surface area contributed by atoms with Crippen molar-refractivity contribution >= 4 is 17.2 Å². The van der Waals surface area contributed by atoms with E-state index in [1.54, 1.807) is 11.3 Å². The number of carbonyl (C=O) groups excluding carboxylic acids is 1. The minimum absolute atomic E-state index is 0.0484. The molecule has 1 aromatic heterocycles. The van der Waals surface area contributed by atoms with Crippen LogP contribution in [-0.4, -0.2) is 49.7 Å². The quantitative estimate of drug-likeness (QED) is 0.799. The van der Waals surface area contributed by atoms with E-state index in [-0.39, 0.29) is 11.9 Å². The minimum Gasteiger partial charge on any atom is -0.381 e. The van der Waals surface area contributed by atoms with Crippen LogP contribution in [0.15, 0.2) is 17.5 Å². The van der Waals surface area contributed by atoms with E-state index in [1.165, 1.54) is 11.3 Å². The monoisotopic (exact) mass is 324 g/mol. The predicted molar refractivity (Wildman–Crippen MR) is 91.3 cm³/mol. The maximum absolute atomic E-state index is 12.3. The van der Waals surface area contributed by atoms with Gasteiger partial charge in [0, 0.05) is 24.6 Å². The fraction of sp³-hybridized carbons (Fsp3) is 0.706. The fourth-order valence-corrected chi connectivity index (χ4v) is 3.66. The summed E-state index contributed by atoms with van der Waals surface area (Å²) in [6.07, 6.45) is 3.29. The highest BCUT2D eigenvalue weighted by atomic mass is 32.1. The molecule has 1 N–H and O–H groups in total. The molecule has 1 aliphatic rings. The molecule has 0 radical (unpaired) electrons. The second kappa shape index (κ2) is 9.28. The van der Waals surface area contributed by atoms with Crippen LogP contribution in [0, 0.1) is 5.92 Å². The van der Waals surface area contributed by atoms with Crippen LogP contribution in [0.4, 0.5) is 0 Å². The van der Waals surface area contributed by atoms with Gasteiger partial charge >= 0.3 is 0 Å². The van der Waals surface area contributed by atoms with Crippen molar-refractivity contribution in [3.05, 3.63) is 22.4 Å². The van der Waals surface area contributed by atoms with E-state index in [0.717, 1.165) is 45.7 Å². The van der Waals surface area contributed by atoms with Crippen molar-refractivity contribution in [1.82, 2.24) is 10.2 Å². The molecule has 1 aliphatic heterocycles. The van der Waals surface area contributed by atoms with Crippen molar-refractivity contribution in [2.45, 2.75) is 39.2 Å². The van der Waals surface area contributed by atoms with Gasteiger partial charge in [0.2, 0.25) is 5.91 Å². The molecule has 1 saturated heterocycles. The molecule has 2 heterocycles. The maximum atomic E-state index is 12.3. The number of hydrogen-bond donors (Lipinski definition) is 1. The third kappa shape index (κ3) is 5.38. The average molecular weight is 324 g/mol. The van der Waals surface area contributed by atoms with Crippen LogP contribution >= 0.6 is 11.3 Å². The zero-order valence-corrected chi connectivity index (χ0v) is 14.5. The van der Waals surface area contributed by atoms with Crippen molar-refractivity contribution in [1.29, 1.82) is 0 Å². The van der Waals surface area contributed by atoms with E-state index in [9.17, 15) is 4.79 Å². The Morgan fingerprint density at radius 3 is 3.18 bits per heavy atom. The second-order valence-electron chi connectivity index (χ2n) is 5.96. The lowest BCUT2D eigenvalue weighted by Crippen LogP contribution is -2.49. The molecule has 1 fully saturated rings. The SMILES string of the molecule is CCOC[C@H]1CCCN([C@H](C)C(=O)NCCc2cccs2)C1. The Morgan fingerprint density at radius 2 is 2.45 bits per heavy atom.